The van der Waals surface area contributed by atoms with Crippen molar-refractivity contribution in [3.05, 3.63) is 35.1 Å². The van der Waals surface area contributed by atoms with Crippen LogP contribution < -0.4 is 0 Å². The fraction of sp³-hybridized carbons (Fsp3) is 0.100. The second-order valence-electron chi connectivity index (χ2n) is 2.39. The number of carbonyl (C=O) groups excluding carboxylic acids is 1. The van der Waals surface area contributed by atoms with Crippen LogP contribution >= 0.6 is 0 Å². The van der Waals surface area contributed by atoms with E-state index >= 15 is 0 Å². The molecule has 1 aromatic rings. The van der Waals surface area contributed by atoms with Crippen LogP contribution in [0.2, 0.25) is 0 Å². The van der Waals surface area contributed by atoms with Crippen LogP contribution in [0.4, 0.5) is 4.39 Å². The number of ketones is 1. The Kier molecular flexibility index (Phi) is 2.25. The van der Waals surface area contributed by atoms with Crippen LogP contribution in [0, 0.1) is 18.2 Å². The molecule has 1 nitrogen and oxygen atoms in total. The van der Waals surface area contributed by atoms with Gasteiger partial charge >= 0.3 is 0 Å². The van der Waals surface area contributed by atoms with Gasteiger partial charge in [0.05, 0.1) is 0 Å². The van der Waals surface area contributed by atoms with Crippen LogP contribution in [0.1, 0.15) is 22.8 Å². The van der Waals surface area contributed by atoms with Crippen molar-refractivity contribution in [3.8, 4) is 12.3 Å². The van der Waals surface area contributed by atoms with Crippen molar-refractivity contribution in [1.82, 2.24) is 0 Å². The molecule has 1 aromatic carbocycles. The molecule has 0 heterocycles. The summed E-state index contributed by atoms with van der Waals surface area (Å²) in [5, 5.41) is 0. The van der Waals surface area contributed by atoms with E-state index in [0.29, 0.717) is 11.1 Å². The van der Waals surface area contributed by atoms with E-state index in [2.05, 4.69) is 5.92 Å². The van der Waals surface area contributed by atoms with Crippen molar-refractivity contribution in [2.45, 2.75) is 6.92 Å². The van der Waals surface area contributed by atoms with Gasteiger partial charge in [0.2, 0.25) is 0 Å². The number of rotatable bonds is 1. The predicted octanol–water partition coefficient (Wildman–Crippen LogP) is 2.01. The fourth-order valence-electron chi connectivity index (χ4n) is 0.943. The summed E-state index contributed by atoms with van der Waals surface area (Å²) in [6, 6.07) is 3.79. The quantitative estimate of drug-likeness (QED) is 0.456. The van der Waals surface area contributed by atoms with Crippen molar-refractivity contribution >= 4 is 5.78 Å². The van der Waals surface area contributed by atoms with Gasteiger partial charge in [-0.1, -0.05) is 5.92 Å². The van der Waals surface area contributed by atoms with Gasteiger partial charge < -0.3 is 0 Å². The minimum absolute atomic E-state index is 0.150. The zero-order valence-electron chi connectivity index (χ0n) is 6.60. The molecule has 12 heavy (non-hydrogen) atoms. The van der Waals surface area contributed by atoms with Crippen molar-refractivity contribution < 1.29 is 9.18 Å². The molecule has 0 unspecified atom stereocenters. The lowest BCUT2D eigenvalue weighted by Gasteiger charge is -1.98. The number of benzene rings is 1. The molecule has 2 heteroatoms. The molecule has 0 spiro atoms. The Morgan fingerprint density at radius 3 is 2.75 bits per heavy atom. The monoisotopic (exact) mass is 162 g/mol. The lowest BCUT2D eigenvalue weighted by atomic mass is 10.1. The summed E-state index contributed by atoms with van der Waals surface area (Å²) in [4.78, 5) is 10.9. The maximum atomic E-state index is 12.6. The second kappa shape index (κ2) is 3.19. The topological polar surface area (TPSA) is 17.1 Å². The Balaban J connectivity index is 3.32. The summed E-state index contributed by atoms with van der Waals surface area (Å²) < 4.78 is 12.6. The van der Waals surface area contributed by atoms with E-state index in [1.165, 1.54) is 25.1 Å². The van der Waals surface area contributed by atoms with Crippen LogP contribution in [0.5, 0.6) is 0 Å². The first kappa shape index (κ1) is 8.48. The van der Waals surface area contributed by atoms with Gasteiger partial charge in [-0.25, -0.2) is 4.39 Å². The molecule has 0 bridgehead atoms. The molecule has 0 aliphatic rings. The first-order chi connectivity index (χ1) is 5.65. The summed E-state index contributed by atoms with van der Waals surface area (Å²) in [6.45, 7) is 1.40. The van der Waals surface area contributed by atoms with E-state index in [9.17, 15) is 9.18 Å². The molecule has 60 valence electrons. The first-order valence-corrected chi connectivity index (χ1v) is 3.42. The van der Waals surface area contributed by atoms with Crippen LogP contribution in [-0.2, 0) is 0 Å². The van der Waals surface area contributed by atoms with Crippen molar-refractivity contribution in [3.63, 3.8) is 0 Å². The average Bonchev–Trinajstić information content (AvgIpc) is 2.03. The molecular formula is C10H7FO. The summed E-state index contributed by atoms with van der Waals surface area (Å²) in [6.07, 6.45) is 5.09. The summed E-state index contributed by atoms with van der Waals surface area (Å²) in [5.74, 6) is 1.68. The third-order valence-electron chi connectivity index (χ3n) is 1.52. The highest BCUT2D eigenvalue weighted by Crippen LogP contribution is 2.10. The normalized spacial score (nSPS) is 9.08. The Labute approximate surface area is 70.2 Å². The predicted molar refractivity (Wildman–Crippen MR) is 44.3 cm³/mol. The van der Waals surface area contributed by atoms with Crippen LogP contribution in [0.3, 0.4) is 0 Å². The van der Waals surface area contributed by atoms with E-state index in [-0.39, 0.29) is 5.78 Å². The molecular weight excluding hydrogens is 155 g/mol. The number of Topliss-reactive ketones (excluding diaryl/α,β-unsaturated/α-hetero) is 1. The molecule has 1 rings (SSSR count). The zero-order valence-corrected chi connectivity index (χ0v) is 6.60. The zero-order chi connectivity index (χ0) is 9.14. The van der Waals surface area contributed by atoms with E-state index in [0.717, 1.165) is 0 Å². The lowest BCUT2D eigenvalue weighted by Crippen LogP contribution is -1.96. The van der Waals surface area contributed by atoms with E-state index in [1.54, 1.807) is 0 Å². The number of terminal acetylenes is 1. The van der Waals surface area contributed by atoms with E-state index < -0.39 is 5.82 Å². The molecule has 0 saturated carbocycles. The van der Waals surface area contributed by atoms with Gasteiger partial charge in [-0.2, -0.15) is 0 Å². The highest BCUT2D eigenvalue weighted by atomic mass is 19.1. The highest BCUT2D eigenvalue weighted by molar-refractivity contribution is 5.96. The molecule has 0 saturated heterocycles. The maximum absolute atomic E-state index is 12.6. The Morgan fingerprint density at radius 2 is 2.25 bits per heavy atom. The Morgan fingerprint density at radius 1 is 1.58 bits per heavy atom. The summed E-state index contributed by atoms with van der Waals surface area (Å²) >= 11 is 0. The third kappa shape index (κ3) is 1.51. The minimum atomic E-state index is -0.423. The van der Waals surface area contributed by atoms with E-state index in [1.807, 2.05) is 0 Å². The van der Waals surface area contributed by atoms with Crippen molar-refractivity contribution in [2.75, 3.05) is 0 Å². The highest BCUT2D eigenvalue weighted by Gasteiger charge is 2.05. The molecule has 0 amide bonds. The summed E-state index contributed by atoms with van der Waals surface area (Å²) in [7, 11) is 0. The molecule has 0 atom stereocenters. The molecule has 0 fully saturated rings. The van der Waals surface area contributed by atoms with Gasteiger partial charge in [0.1, 0.15) is 5.82 Å². The maximum Gasteiger partial charge on any atom is 0.161 e. The molecule has 0 aliphatic heterocycles. The smallest absolute Gasteiger partial charge is 0.161 e. The number of hydrogen-bond acceptors (Lipinski definition) is 1. The molecule has 0 radical (unpaired) electrons. The molecule has 0 N–H and O–H groups in total. The Hall–Kier alpha value is -1.62. The molecule has 0 aromatic heterocycles. The Bertz CT molecular complexity index is 361. The lowest BCUT2D eigenvalue weighted by molar-refractivity contribution is 0.101. The van der Waals surface area contributed by atoms with Gasteiger partial charge in [-0.15, -0.1) is 6.42 Å². The number of hydrogen-bond donors (Lipinski definition) is 0. The van der Waals surface area contributed by atoms with Crippen LogP contribution in [0.25, 0.3) is 0 Å². The minimum Gasteiger partial charge on any atom is -0.294 e. The van der Waals surface area contributed by atoms with E-state index in [4.69, 9.17) is 6.42 Å². The van der Waals surface area contributed by atoms with Gasteiger partial charge in [0, 0.05) is 11.1 Å². The van der Waals surface area contributed by atoms with Gasteiger partial charge in [-0.3, -0.25) is 4.79 Å². The van der Waals surface area contributed by atoms with Gasteiger partial charge in [0.15, 0.2) is 5.78 Å². The standard InChI is InChI=1S/C10H7FO/c1-3-8-6-9(11)4-5-10(8)7(2)12/h1,4-6H,2H3. The van der Waals surface area contributed by atoms with Crippen LogP contribution in [-0.4, -0.2) is 5.78 Å². The van der Waals surface area contributed by atoms with Crippen LogP contribution in [0.15, 0.2) is 18.2 Å². The summed E-state index contributed by atoms with van der Waals surface area (Å²) in [5.41, 5.74) is 0.696. The van der Waals surface area contributed by atoms with Gasteiger partial charge in [0.25, 0.3) is 0 Å². The fourth-order valence-corrected chi connectivity index (χ4v) is 0.943. The number of carbonyl (C=O) groups is 1. The second-order valence-corrected chi connectivity index (χ2v) is 2.39. The van der Waals surface area contributed by atoms with Crippen molar-refractivity contribution in [2.24, 2.45) is 0 Å². The average molecular weight is 162 g/mol. The number of halogens is 1. The SMILES string of the molecule is C#Cc1cc(F)ccc1C(C)=O. The molecule has 0 aliphatic carbocycles. The van der Waals surface area contributed by atoms with Gasteiger partial charge in [-0.05, 0) is 25.1 Å². The first-order valence-electron chi connectivity index (χ1n) is 3.42. The van der Waals surface area contributed by atoms with Crippen molar-refractivity contribution in [1.29, 1.82) is 0 Å². The third-order valence-corrected chi connectivity index (χ3v) is 1.52. The largest absolute Gasteiger partial charge is 0.294 e.